The molecule has 0 aromatic heterocycles. The Balaban J connectivity index is 1.83. The van der Waals surface area contributed by atoms with E-state index in [0.29, 0.717) is 20.7 Å². The molecule has 0 unspecified atom stereocenters. The van der Waals surface area contributed by atoms with Gasteiger partial charge in [0, 0.05) is 28.5 Å². The molecule has 0 radical (unpaired) electrons. The molecule has 0 heterocycles. The number of benzene rings is 2. The molecule has 0 aliphatic rings. The molecule has 0 saturated heterocycles. The molecule has 2 rings (SSSR count). The topological polar surface area (TPSA) is 67.5 Å². The van der Waals surface area contributed by atoms with Crippen molar-refractivity contribution in [3.05, 3.63) is 74.8 Å². The molecule has 0 bridgehead atoms. The number of nitrogens with one attached hydrogen (secondary N) is 1. The standard InChI is InChI=1S/C15H12ClN3O2S2/c16-13-6-4-11(5-7-13)10-23-15(22)18-17-9-12-2-1-3-14(8-12)19(20)21/h1-9H,10H2,(H,18,22)/b17-9+. The van der Waals surface area contributed by atoms with Crippen molar-refractivity contribution in [1.29, 1.82) is 0 Å². The van der Waals surface area contributed by atoms with E-state index in [2.05, 4.69) is 10.5 Å². The lowest BCUT2D eigenvalue weighted by Gasteiger charge is -2.03. The molecule has 5 nitrogen and oxygen atoms in total. The van der Waals surface area contributed by atoms with Crippen molar-refractivity contribution in [3.63, 3.8) is 0 Å². The molecular formula is C15H12ClN3O2S2. The molecule has 0 amide bonds. The van der Waals surface area contributed by atoms with Gasteiger partial charge in [-0.3, -0.25) is 15.5 Å². The number of thiocarbonyl (C=S) groups is 1. The molecule has 2 aromatic carbocycles. The van der Waals surface area contributed by atoms with E-state index in [-0.39, 0.29) is 5.69 Å². The van der Waals surface area contributed by atoms with E-state index < -0.39 is 4.92 Å². The Bertz CT molecular complexity index is 736. The van der Waals surface area contributed by atoms with E-state index >= 15 is 0 Å². The summed E-state index contributed by atoms with van der Waals surface area (Å²) in [5, 5.41) is 15.4. The highest BCUT2D eigenvalue weighted by atomic mass is 35.5. The molecule has 2 aromatic rings. The lowest BCUT2D eigenvalue weighted by molar-refractivity contribution is -0.384. The summed E-state index contributed by atoms with van der Waals surface area (Å²) in [5.74, 6) is 0.704. The molecule has 0 fully saturated rings. The number of hydrogen-bond donors (Lipinski definition) is 1. The predicted molar refractivity (Wildman–Crippen MR) is 99.2 cm³/mol. The van der Waals surface area contributed by atoms with Crippen LogP contribution in [0.15, 0.2) is 53.6 Å². The third kappa shape index (κ3) is 5.97. The molecule has 118 valence electrons. The quantitative estimate of drug-likeness (QED) is 0.368. The summed E-state index contributed by atoms with van der Waals surface area (Å²) in [4.78, 5) is 10.2. The van der Waals surface area contributed by atoms with Crippen LogP contribution in [0.4, 0.5) is 5.69 Å². The van der Waals surface area contributed by atoms with Crippen LogP contribution in [0.25, 0.3) is 0 Å². The monoisotopic (exact) mass is 365 g/mol. The highest BCUT2D eigenvalue weighted by Crippen LogP contribution is 2.16. The van der Waals surface area contributed by atoms with Gasteiger partial charge in [0.25, 0.3) is 5.69 Å². The fourth-order valence-corrected chi connectivity index (χ4v) is 2.60. The zero-order valence-corrected chi connectivity index (χ0v) is 14.2. The number of nitro groups is 1. The Morgan fingerprint density at radius 3 is 2.78 bits per heavy atom. The van der Waals surface area contributed by atoms with Crippen molar-refractivity contribution in [2.24, 2.45) is 5.10 Å². The number of rotatable bonds is 5. The summed E-state index contributed by atoms with van der Waals surface area (Å²) in [6.07, 6.45) is 1.49. The summed E-state index contributed by atoms with van der Waals surface area (Å²) in [5.41, 5.74) is 4.48. The highest BCUT2D eigenvalue weighted by Gasteiger charge is 2.04. The van der Waals surface area contributed by atoms with Gasteiger partial charge in [0.2, 0.25) is 0 Å². The third-order valence-electron chi connectivity index (χ3n) is 2.73. The second-order valence-corrected chi connectivity index (χ2v) is 6.51. The van der Waals surface area contributed by atoms with Gasteiger partial charge in [0.1, 0.15) is 0 Å². The lowest BCUT2D eigenvalue weighted by Crippen LogP contribution is -2.11. The Morgan fingerprint density at radius 2 is 2.09 bits per heavy atom. The molecule has 0 spiro atoms. The fraction of sp³-hybridized carbons (Fsp3) is 0.0667. The Hall–Kier alpha value is -1.96. The van der Waals surface area contributed by atoms with Crippen LogP contribution in [0.5, 0.6) is 0 Å². The number of non-ortho nitro benzene ring substituents is 1. The van der Waals surface area contributed by atoms with E-state index in [9.17, 15) is 10.1 Å². The average Bonchev–Trinajstić information content (AvgIpc) is 2.54. The van der Waals surface area contributed by atoms with Gasteiger partial charge in [-0.05, 0) is 17.7 Å². The summed E-state index contributed by atoms with van der Waals surface area (Å²) < 4.78 is 0.515. The van der Waals surface area contributed by atoms with Gasteiger partial charge in [-0.1, -0.05) is 59.8 Å². The first kappa shape index (κ1) is 17.4. The first-order valence-corrected chi connectivity index (χ1v) is 8.26. The molecule has 0 atom stereocenters. The SMILES string of the molecule is O=[N+]([O-])c1cccc(/C=N/NC(=S)SCc2ccc(Cl)cc2)c1. The summed E-state index contributed by atoms with van der Waals surface area (Å²) in [7, 11) is 0. The van der Waals surface area contributed by atoms with E-state index in [1.807, 2.05) is 24.3 Å². The van der Waals surface area contributed by atoms with Gasteiger partial charge in [0.15, 0.2) is 4.32 Å². The minimum Gasteiger partial charge on any atom is -0.262 e. The van der Waals surface area contributed by atoms with Crippen molar-refractivity contribution in [3.8, 4) is 0 Å². The number of thioether (sulfide) groups is 1. The number of nitrogens with zero attached hydrogens (tertiary/aromatic N) is 2. The zero-order valence-electron chi connectivity index (χ0n) is 11.8. The van der Waals surface area contributed by atoms with Crippen molar-refractivity contribution in [2.75, 3.05) is 0 Å². The number of hydrogen-bond acceptors (Lipinski definition) is 5. The van der Waals surface area contributed by atoms with Crippen LogP contribution in [0.1, 0.15) is 11.1 Å². The van der Waals surface area contributed by atoms with Gasteiger partial charge < -0.3 is 0 Å². The van der Waals surface area contributed by atoms with Crippen LogP contribution >= 0.6 is 35.6 Å². The van der Waals surface area contributed by atoms with Crippen LogP contribution in [-0.4, -0.2) is 15.5 Å². The van der Waals surface area contributed by atoms with E-state index in [0.717, 1.165) is 5.56 Å². The first-order chi connectivity index (χ1) is 11.0. The highest BCUT2D eigenvalue weighted by molar-refractivity contribution is 8.22. The van der Waals surface area contributed by atoms with E-state index in [4.69, 9.17) is 23.8 Å². The molecule has 1 N–H and O–H groups in total. The van der Waals surface area contributed by atoms with Crippen LogP contribution < -0.4 is 5.43 Å². The van der Waals surface area contributed by atoms with Crippen LogP contribution in [0.3, 0.4) is 0 Å². The summed E-state index contributed by atoms with van der Waals surface area (Å²) in [6.45, 7) is 0. The third-order valence-corrected chi connectivity index (χ3v) is 4.26. The fourth-order valence-electron chi connectivity index (χ4n) is 1.64. The molecule has 0 aliphatic heterocycles. The van der Waals surface area contributed by atoms with E-state index in [1.54, 1.807) is 12.1 Å². The first-order valence-electron chi connectivity index (χ1n) is 6.49. The lowest BCUT2D eigenvalue weighted by atomic mass is 10.2. The second kappa shape index (κ2) is 8.61. The van der Waals surface area contributed by atoms with Gasteiger partial charge in [0.05, 0.1) is 11.1 Å². The van der Waals surface area contributed by atoms with Crippen molar-refractivity contribution in [2.45, 2.75) is 5.75 Å². The second-order valence-electron chi connectivity index (χ2n) is 4.42. The van der Waals surface area contributed by atoms with Crippen LogP contribution in [0.2, 0.25) is 5.02 Å². The van der Waals surface area contributed by atoms with Gasteiger partial charge >= 0.3 is 0 Å². The predicted octanol–water partition coefficient (Wildman–Crippen LogP) is 4.39. The summed E-state index contributed by atoms with van der Waals surface area (Å²) >= 11 is 12.4. The number of halogens is 1. The minimum absolute atomic E-state index is 0.0219. The Kier molecular flexibility index (Phi) is 6.52. The summed E-state index contributed by atoms with van der Waals surface area (Å²) in [6, 6.07) is 13.7. The zero-order chi connectivity index (χ0) is 16.7. The maximum absolute atomic E-state index is 10.7. The minimum atomic E-state index is -0.447. The maximum atomic E-state index is 10.7. The van der Waals surface area contributed by atoms with Crippen molar-refractivity contribution in [1.82, 2.24) is 5.43 Å². The smallest absolute Gasteiger partial charge is 0.262 e. The Labute approximate surface area is 147 Å². The van der Waals surface area contributed by atoms with Gasteiger partial charge in [-0.2, -0.15) is 5.10 Å². The molecule has 0 saturated carbocycles. The largest absolute Gasteiger partial charge is 0.270 e. The number of nitro benzene ring substituents is 1. The number of hydrazone groups is 1. The molecule has 8 heteroatoms. The van der Waals surface area contributed by atoms with E-state index in [1.165, 1.54) is 30.1 Å². The molecular weight excluding hydrogens is 354 g/mol. The molecule has 23 heavy (non-hydrogen) atoms. The van der Waals surface area contributed by atoms with Gasteiger partial charge in [-0.15, -0.1) is 0 Å². The van der Waals surface area contributed by atoms with Crippen molar-refractivity contribution >= 4 is 51.8 Å². The maximum Gasteiger partial charge on any atom is 0.270 e. The normalized spacial score (nSPS) is 10.7. The Morgan fingerprint density at radius 1 is 1.35 bits per heavy atom. The van der Waals surface area contributed by atoms with Crippen LogP contribution in [-0.2, 0) is 5.75 Å². The van der Waals surface area contributed by atoms with Crippen molar-refractivity contribution < 1.29 is 4.92 Å². The van der Waals surface area contributed by atoms with Gasteiger partial charge in [-0.25, -0.2) is 0 Å². The van der Waals surface area contributed by atoms with Crippen LogP contribution in [0, 0.1) is 10.1 Å². The average molecular weight is 366 g/mol. The molecule has 0 aliphatic carbocycles.